The molecule has 0 unspecified atom stereocenters. The molecule has 0 saturated heterocycles. The first-order valence-corrected chi connectivity index (χ1v) is 7.79. The van der Waals surface area contributed by atoms with Crippen LogP contribution < -0.4 is 10.6 Å². The van der Waals surface area contributed by atoms with Crippen LogP contribution in [0.1, 0.15) is 29.8 Å². The molecular weight excluding hydrogens is 322 g/mol. The molecule has 0 heterocycles. The predicted octanol–water partition coefficient (Wildman–Crippen LogP) is 3.12. The van der Waals surface area contributed by atoms with Gasteiger partial charge >= 0.3 is 0 Å². The molecule has 0 aliphatic carbocycles. The fourth-order valence-electron chi connectivity index (χ4n) is 2.06. The zero-order valence-corrected chi connectivity index (χ0v) is 14.0. The van der Waals surface area contributed by atoms with Crippen molar-refractivity contribution in [3.63, 3.8) is 0 Å². The van der Waals surface area contributed by atoms with Crippen molar-refractivity contribution in [3.05, 3.63) is 69.8 Å². The quantitative estimate of drug-likeness (QED) is 0.622. The van der Waals surface area contributed by atoms with Crippen molar-refractivity contribution in [1.29, 1.82) is 0 Å². The fraction of sp³-hybridized carbons (Fsp3) is 0.222. The second-order valence-electron chi connectivity index (χ2n) is 5.83. The summed E-state index contributed by atoms with van der Waals surface area (Å²) in [7, 11) is 0. The summed E-state index contributed by atoms with van der Waals surface area (Å²) >= 11 is 0. The van der Waals surface area contributed by atoms with Crippen LogP contribution in [0.4, 0.5) is 11.4 Å². The normalized spacial score (nSPS) is 10.4. The number of nitro benzene ring substituents is 1. The van der Waals surface area contributed by atoms with Crippen LogP contribution in [-0.2, 0) is 11.3 Å². The van der Waals surface area contributed by atoms with Crippen molar-refractivity contribution in [1.82, 2.24) is 5.32 Å². The molecule has 0 fully saturated rings. The van der Waals surface area contributed by atoms with Gasteiger partial charge in [0.1, 0.15) is 0 Å². The number of nitrogens with zero attached hydrogens (tertiary/aromatic N) is 1. The molecule has 25 heavy (non-hydrogen) atoms. The summed E-state index contributed by atoms with van der Waals surface area (Å²) in [5.74, 6) is -0.524. The van der Waals surface area contributed by atoms with Crippen molar-refractivity contribution < 1.29 is 14.5 Å². The largest absolute Gasteiger partial charge is 0.348 e. The van der Waals surface area contributed by atoms with Crippen molar-refractivity contribution in [2.45, 2.75) is 20.4 Å². The van der Waals surface area contributed by atoms with Gasteiger partial charge in [0.25, 0.3) is 11.6 Å². The van der Waals surface area contributed by atoms with E-state index in [2.05, 4.69) is 10.6 Å². The minimum Gasteiger partial charge on any atom is -0.348 e. The summed E-state index contributed by atoms with van der Waals surface area (Å²) in [6.07, 6.45) is 0. The van der Waals surface area contributed by atoms with E-state index in [4.69, 9.17) is 0 Å². The van der Waals surface area contributed by atoms with Crippen LogP contribution in [0.15, 0.2) is 48.5 Å². The topological polar surface area (TPSA) is 101 Å². The van der Waals surface area contributed by atoms with Crippen LogP contribution in [-0.4, -0.2) is 16.7 Å². The molecule has 2 amide bonds. The number of amides is 2. The molecule has 7 heteroatoms. The molecule has 2 N–H and O–H groups in total. The SMILES string of the molecule is CC(C)C(=O)Nc1cccc(CNC(=O)c2ccc([N+](=O)[O-])cc2)c1. The standard InChI is InChI=1S/C18H19N3O4/c1-12(2)17(22)20-15-5-3-4-13(10-15)11-19-18(23)14-6-8-16(9-7-14)21(24)25/h3-10,12H,11H2,1-2H3,(H,19,23)(H,20,22). The zero-order valence-electron chi connectivity index (χ0n) is 14.0. The summed E-state index contributed by atoms with van der Waals surface area (Å²) < 4.78 is 0. The van der Waals surface area contributed by atoms with Crippen LogP contribution in [0.25, 0.3) is 0 Å². The molecule has 0 bridgehead atoms. The molecule has 2 aromatic carbocycles. The summed E-state index contributed by atoms with van der Waals surface area (Å²) in [5.41, 5.74) is 1.78. The van der Waals surface area contributed by atoms with Crippen molar-refractivity contribution in [2.24, 2.45) is 5.92 Å². The maximum absolute atomic E-state index is 12.1. The summed E-state index contributed by atoms with van der Waals surface area (Å²) in [5, 5.41) is 16.2. The van der Waals surface area contributed by atoms with Gasteiger partial charge in [0.15, 0.2) is 0 Å². The number of hydrogen-bond acceptors (Lipinski definition) is 4. The van der Waals surface area contributed by atoms with E-state index in [1.54, 1.807) is 18.2 Å². The number of hydrogen-bond donors (Lipinski definition) is 2. The lowest BCUT2D eigenvalue weighted by molar-refractivity contribution is -0.384. The van der Waals surface area contributed by atoms with E-state index < -0.39 is 4.92 Å². The van der Waals surface area contributed by atoms with Crippen LogP contribution >= 0.6 is 0 Å². The zero-order chi connectivity index (χ0) is 18.4. The van der Waals surface area contributed by atoms with Gasteiger partial charge in [-0.3, -0.25) is 19.7 Å². The van der Waals surface area contributed by atoms with E-state index in [1.807, 2.05) is 19.9 Å². The fourth-order valence-corrected chi connectivity index (χ4v) is 2.06. The average Bonchev–Trinajstić information content (AvgIpc) is 2.60. The Kier molecular flexibility index (Phi) is 5.84. The summed E-state index contributed by atoms with van der Waals surface area (Å²) in [6, 6.07) is 12.6. The third-order valence-electron chi connectivity index (χ3n) is 3.51. The molecule has 2 aromatic rings. The third kappa shape index (κ3) is 5.13. The van der Waals surface area contributed by atoms with Gasteiger partial charge in [-0.2, -0.15) is 0 Å². The van der Waals surface area contributed by atoms with Gasteiger partial charge in [0.05, 0.1) is 4.92 Å². The number of benzene rings is 2. The van der Waals surface area contributed by atoms with Crippen LogP contribution in [0.5, 0.6) is 0 Å². The highest BCUT2D eigenvalue weighted by atomic mass is 16.6. The smallest absolute Gasteiger partial charge is 0.269 e. The Balaban J connectivity index is 1.97. The van der Waals surface area contributed by atoms with E-state index in [9.17, 15) is 19.7 Å². The van der Waals surface area contributed by atoms with Gasteiger partial charge in [0.2, 0.25) is 5.91 Å². The van der Waals surface area contributed by atoms with Crippen molar-refractivity contribution in [3.8, 4) is 0 Å². The monoisotopic (exact) mass is 341 g/mol. The Morgan fingerprint density at radius 3 is 2.40 bits per heavy atom. The Morgan fingerprint density at radius 1 is 1.12 bits per heavy atom. The van der Waals surface area contributed by atoms with Crippen LogP contribution in [0.2, 0.25) is 0 Å². The number of anilines is 1. The molecular formula is C18H19N3O4. The Labute approximate surface area is 145 Å². The Bertz CT molecular complexity index is 785. The first-order valence-electron chi connectivity index (χ1n) is 7.79. The highest BCUT2D eigenvalue weighted by Gasteiger charge is 2.10. The van der Waals surface area contributed by atoms with E-state index in [0.717, 1.165) is 5.56 Å². The molecule has 7 nitrogen and oxygen atoms in total. The molecule has 0 aromatic heterocycles. The second-order valence-corrected chi connectivity index (χ2v) is 5.83. The van der Waals surface area contributed by atoms with E-state index in [1.165, 1.54) is 24.3 Å². The van der Waals surface area contributed by atoms with Gasteiger partial charge in [-0.1, -0.05) is 26.0 Å². The molecule has 0 aliphatic heterocycles. The maximum atomic E-state index is 12.1. The average molecular weight is 341 g/mol. The van der Waals surface area contributed by atoms with E-state index in [-0.39, 0.29) is 30.0 Å². The lowest BCUT2D eigenvalue weighted by Gasteiger charge is -2.10. The van der Waals surface area contributed by atoms with Crippen molar-refractivity contribution in [2.75, 3.05) is 5.32 Å². The highest BCUT2D eigenvalue weighted by molar-refractivity contribution is 5.94. The predicted molar refractivity (Wildman–Crippen MR) is 94.2 cm³/mol. The number of carbonyl (C=O) groups is 2. The molecule has 0 radical (unpaired) electrons. The van der Waals surface area contributed by atoms with Gasteiger partial charge in [-0.05, 0) is 29.8 Å². The molecule has 130 valence electrons. The number of carbonyl (C=O) groups excluding carboxylic acids is 2. The summed E-state index contributed by atoms with van der Waals surface area (Å²) in [4.78, 5) is 33.9. The van der Waals surface area contributed by atoms with Crippen molar-refractivity contribution >= 4 is 23.2 Å². The molecule has 0 atom stereocenters. The number of rotatable bonds is 6. The number of nitrogens with one attached hydrogen (secondary N) is 2. The van der Waals surface area contributed by atoms with Crippen LogP contribution in [0, 0.1) is 16.0 Å². The van der Waals surface area contributed by atoms with Crippen LogP contribution in [0.3, 0.4) is 0 Å². The Morgan fingerprint density at radius 2 is 1.80 bits per heavy atom. The Hall–Kier alpha value is -3.22. The first kappa shape index (κ1) is 18.1. The lowest BCUT2D eigenvalue weighted by atomic mass is 10.1. The summed E-state index contributed by atoms with van der Waals surface area (Å²) in [6.45, 7) is 3.90. The number of nitro groups is 1. The van der Waals surface area contributed by atoms with E-state index >= 15 is 0 Å². The number of non-ortho nitro benzene ring substituents is 1. The maximum Gasteiger partial charge on any atom is 0.269 e. The van der Waals surface area contributed by atoms with E-state index in [0.29, 0.717) is 11.3 Å². The lowest BCUT2D eigenvalue weighted by Crippen LogP contribution is -2.23. The van der Waals surface area contributed by atoms with Gasteiger partial charge in [0, 0.05) is 35.8 Å². The third-order valence-corrected chi connectivity index (χ3v) is 3.51. The molecule has 0 spiro atoms. The minimum absolute atomic E-state index is 0.0647. The molecule has 0 aliphatic rings. The highest BCUT2D eigenvalue weighted by Crippen LogP contribution is 2.14. The van der Waals surface area contributed by atoms with Gasteiger partial charge < -0.3 is 10.6 Å². The van der Waals surface area contributed by atoms with Gasteiger partial charge in [-0.15, -0.1) is 0 Å². The first-order chi connectivity index (χ1) is 11.9. The van der Waals surface area contributed by atoms with Gasteiger partial charge in [-0.25, -0.2) is 0 Å². The second kappa shape index (κ2) is 8.05. The molecule has 0 saturated carbocycles. The molecule has 2 rings (SSSR count). The minimum atomic E-state index is -0.515.